The van der Waals surface area contributed by atoms with Gasteiger partial charge >= 0.3 is 12.4 Å². The fourth-order valence-corrected chi connectivity index (χ4v) is 5.96. The Kier molecular flexibility index (Phi) is 10.8. The van der Waals surface area contributed by atoms with Crippen molar-refractivity contribution in [2.45, 2.75) is 62.1 Å². The van der Waals surface area contributed by atoms with Gasteiger partial charge in [0.1, 0.15) is 0 Å². The van der Waals surface area contributed by atoms with Crippen molar-refractivity contribution < 1.29 is 49.3 Å². The highest BCUT2D eigenvalue weighted by atomic mass is 19.4. The minimum absolute atomic E-state index is 0.0117. The van der Waals surface area contributed by atoms with Crippen molar-refractivity contribution in [1.29, 1.82) is 0 Å². The van der Waals surface area contributed by atoms with Crippen molar-refractivity contribution in [3.05, 3.63) is 59.2 Å². The molecule has 0 radical (unpaired) electrons. The molecule has 0 unspecified atom stereocenters. The summed E-state index contributed by atoms with van der Waals surface area (Å²) in [6, 6.07) is 8.51. The Balaban J connectivity index is 1.45. The van der Waals surface area contributed by atoms with Crippen molar-refractivity contribution in [3.63, 3.8) is 0 Å². The second-order valence-corrected chi connectivity index (χ2v) is 11.2. The molecule has 43 heavy (non-hydrogen) atoms. The molecule has 2 saturated heterocycles. The second kappa shape index (κ2) is 14.0. The summed E-state index contributed by atoms with van der Waals surface area (Å²) in [5.41, 5.74) is 1.36. The largest absolute Gasteiger partial charge is 0.494 e. The molecule has 2 aliphatic rings. The fraction of sp³-hybridized carbons (Fsp3) is 0.600. The van der Waals surface area contributed by atoms with E-state index in [0.717, 1.165) is 0 Å². The van der Waals surface area contributed by atoms with Gasteiger partial charge in [-0.15, -0.1) is 0 Å². The van der Waals surface area contributed by atoms with Crippen LogP contribution in [0.3, 0.4) is 0 Å². The second-order valence-electron chi connectivity index (χ2n) is 11.2. The van der Waals surface area contributed by atoms with Gasteiger partial charge in [0.05, 0.1) is 14.2 Å². The number of benzene rings is 2. The molecule has 0 amide bonds. The van der Waals surface area contributed by atoms with Crippen LogP contribution in [0.15, 0.2) is 36.4 Å². The van der Waals surface area contributed by atoms with E-state index in [4.69, 9.17) is 14.2 Å². The highest BCUT2D eigenvalue weighted by Crippen LogP contribution is 2.36. The van der Waals surface area contributed by atoms with Crippen LogP contribution in [0, 0.1) is 11.6 Å². The van der Waals surface area contributed by atoms with Gasteiger partial charge in [-0.25, -0.2) is 8.78 Å². The van der Waals surface area contributed by atoms with E-state index in [1.165, 1.54) is 60.4 Å². The first-order valence-corrected chi connectivity index (χ1v) is 14.2. The quantitative estimate of drug-likeness (QED) is 0.268. The summed E-state index contributed by atoms with van der Waals surface area (Å²) in [4.78, 5) is 2.91. The van der Waals surface area contributed by atoms with E-state index in [-0.39, 0.29) is 49.5 Å². The lowest BCUT2D eigenvalue weighted by Gasteiger charge is -2.39. The van der Waals surface area contributed by atoms with Crippen molar-refractivity contribution in [1.82, 2.24) is 9.80 Å². The van der Waals surface area contributed by atoms with Crippen LogP contribution in [0.25, 0.3) is 0 Å². The van der Waals surface area contributed by atoms with Gasteiger partial charge in [-0.1, -0.05) is 12.1 Å². The van der Waals surface area contributed by atoms with Crippen LogP contribution < -0.4 is 9.47 Å². The number of halogens is 8. The average molecular weight is 625 g/mol. The van der Waals surface area contributed by atoms with Crippen LogP contribution >= 0.6 is 0 Å². The Bertz CT molecular complexity index is 1120. The summed E-state index contributed by atoms with van der Waals surface area (Å²) in [5, 5.41) is 0. The number of ether oxygens (including phenoxy) is 3. The predicted octanol–water partition coefficient (Wildman–Crippen LogP) is 6.92. The molecule has 2 fully saturated rings. The number of rotatable bonds is 10. The SMILES string of the molecule is COc1cc([C@H]2CCCN(C[C@H](O[C@@H](CN3CCC[C@H](c4ccc(F)c(OC)c4)C3)C(F)(F)F)C(F)(F)F)C2)ccc1F. The third-order valence-electron chi connectivity index (χ3n) is 8.21. The summed E-state index contributed by atoms with van der Waals surface area (Å²) in [6.07, 6.45) is -13.1. The highest BCUT2D eigenvalue weighted by Gasteiger charge is 2.50. The lowest BCUT2D eigenvalue weighted by molar-refractivity contribution is -0.290. The smallest absolute Gasteiger partial charge is 0.415 e. The van der Waals surface area contributed by atoms with E-state index >= 15 is 0 Å². The van der Waals surface area contributed by atoms with Gasteiger partial charge in [-0.05, 0) is 86.0 Å². The molecule has 4 rings (SSSR count). The van der Waals surface area contributed by atoms with Gasteiger partial charge in [-0.3, -0.25) is 9.80 Å². The number of likely N-dealkylation sites (tertiary alicyclic amines) is 2. The van der Waals surface area contributed by atoms with Gasteiger partial charge in [0.25, 0.3) is 0 Å². The Hall–Kier alpha value is -2.64. The lowest BCUT2D eigenvalue weighted by Crippen LogP contribution is -2.52. The summed E-state index contributed by atoms with van der Waals surface area (Å²) >= 11 is 0. The van der Waals surface area contributed by atoms with Crippen LogP contribution in [-0.4, -0.2) is 87.8 Å². The molecule has 2 heterocycles. The van der Waals surface area contributed by atoms with Crippen LogP contribution in [0.5, 0.6) is 11.5 Å². The first-order chi connectivity index (χ1) is 20.3. The zero-order chi connectivity index (χ0) is 31.4. The molecule has 0 aromatic heterocycles. The first-order valence-electron chi connectivity index (χ1n) is 14.2. The summed E-state index contributed by atoms with van der Waals surface area (Å²) in [5.74, 6) is -1.60. The molecule has 4 atom stereocenters. The molecule has 0 saturated carbocycles. The van der Waals surface area contributed by atoms with E-state index in [1.807, 2.05) is 0 Å². The van der Waals surface area contributed by atoms with E-state index in [9.17, 15) is 35.1 Å². The lowest BCUT2D eigenvalue weighted by atomic mass is 9.90. The maximum Gasteiger partial charge on any atom is 0.415 e. The Labute approximate surface area is 245 Å². The van der Waals surface area contributed by atoms with Crippen LogP contribution in [0.2, 0.25) is 0 Å². The topological polar surface area (TPSA) is 34.2 Å². The van der Waals surface area contributed by atoms with Gasteiger partial charge in [-0.2, -0.15) is 26.3 Å². The van der Waals surface area contributed by atoms with Gasteiger partial charge in [0.15, 0.2) is 35.3 Å². The molecule has 13 heteroatoms. The Morgan fingerprint density at radius 1 is 0.698 bits per heavy atom. The van der Waals surface area contributed by atoms with Crippen molar-refractivity contribution in [2.75, 3.05) is 53.5 Å². The number of alkyl halides is 6. The molecule has 2 aliphatic heterocycles. The van der Waals surface area contributed by atoms with E-state index in [1.54, 1.807) is 0 Å². The molecule has 0 bridgehead atoms. The number of methoxy groups -OCH3 is 2. The zero-order valence-corrected chi connectivity index (χ0v) is 24.0. The predicted molar refractivity (Wildman–Crippen MR) is 144 cm³/mol. The van der Waals surface area contributed by atoms with E-state index < -0.39 is 49.3 Å². The zero-order valence-electron chi connectivity index (χ0n) is 24.0. The van der Waals surface area contributed by atoms with E-state index in [0.29, 0.717) is 36.8 Å². The number of hydrogen-bond donors (Lipinski definition) is 0. The van der Waals surface area contributed by atoms with Gasteiger partial charge in [0, 0.05) is 26.2 Å². The first kappa shape index (κ1) is 33.3. The molecule has 0 aliphatic carbocycles. The van der Waals surface area contributed by atoms with Crippen LogP contribution in [-0.2, 0) is 4.74 Å². The van der Waals surface area contributed by atoms with Crippen molar-refractivity contribution >= 4 is 0 Å². The number of nitrogens with zero attached hydrogens (tertiary/aromatic N) is 2. The summed E-state index contributed by atoms with van der Waals surface area (Å²) < 4.78 is 127. The molecule has 0 spiro atoms. The molecule has 5 nitrogen and oxygen atoms in total. The minimum atomic E-state index is -5.04. The molecule has 2 aromatic carbocycles. The summed E-state index contributed by atoms with van der Waals surface area (Å²) in [6.45, 7) is -0.703. The monoisotopic (exact) mass is 624 g/mol. The molecule has 0 N–H and O–H groups in total. The third-order valence-corrected chi connectivity index (χ3v) is 8.21. The maximum absolute atomic E-state index is 14.1. The van der Waals surface area contributed by atoms with Crippen LogP contribution in [0.4, 0.5) is 35.1 Å². The van der Waals surface area contributed by atoms with Gasteiger partial charge < -0.3 is 14.2 Å². The molecular formula is C30H36F8N2O3. The standard InChI is InChI=1S/C30H36F8N2O3/c1-41-25-13-19(7-9-23(25)31)21-5-3-11-39(15-21)17-27(29(33,34)35)43-28(30(36,37)38)18-40-12-4-6-22(16-40)20-8-10-24(32)26(14-20)42-2/h7-10,13-14,21-22,27-28H,3-6,11-12,15-18H2,1-2H3/t21-,22-,27-,28-/m0/s1. The van der Waals surface area contributed by atoms with Gasteiger partial charge in [0.2, 0.25) is 0 Å². The Morgan fingerprint density at radius 3 is 1.44 bits per heavy atom. The fourth-order valence-electron chi connectivity index (χ4n) is 5.96. The Morgan fingerprint density at radius 2 is 1.09 bits per heavy atom. The third kappa shape index (κ3) is 8.72. The average Bonchev–Trinajstić information content (AvgIpc) is 2.96. The molecule has 240 valence electrons. The maximum atomic E-state index is 14.1. The highest BCUT2D eigenvalue weighted by molar-refractivity contribution is 5.34. The van der Waals surface area contributed by atoms with Crippen molar-refractivity contribution in [3.8, 4) is 11.5 Å². The van der Waals surface area contributed by atoms with Crippen molar-refractivity contribution in [2.24, 2.45) is 0 Å². The normalized spacial score (nSPS) is 22.3. The van der Waals surface area contributed by atoms with E-state index in [2.05, 4.69) is 0 Å². The summed E-state index contributed by atoms with van der Waals surface area (Å²) in [7, 11) is 2.61. The molecule has 2 aromatic rings. The number of hydrogen-bond acceptors (Lipinski definition) is 5. The van der Waals surface area contributed by atoms with Crippen LogP contribution in [0.1, 0.15) is 48.6 Å². The minimum Gasteiger partial charge on any atom is -0.494 e. The number of piperidine rings is 2. The molecular weight excluding hydrogens is 588 g/mol.